The van der Waals surface area contributed by atoms with Crippen molar-refractivity contribution >= 4 is 44.3 Å². The Hall–Kier alpha value is -3.13. The van der Waals surface area contributed by atoms with Gasteiger partial charge in [-0.1, -0.05) is 6.07 Å². The first kappa shape index (κ1) is 21.7. The number of carbonyl (C=O) groups is 1. The molecule has 1 aliphatic heterocycles. The number of halogens is 2. The second kappa shape index (κ2) is 7.73. The predicted molar refractivity (Wildman–Crippen MR) is 125 cm³/mol. The second-order valence-electron chi connectivity index (χ2n) is 7.92. The van der Waals surface area contributed by atoms with Crippen LogP contribution in [0.1, 0.15) is 21.6 Å². The molecule has 2 aromatic heterocycles. The van der Waals surface area contributed by atoms with E-state index in [-0.39, 0.29) is 16.8 Å². The van der Waals surface area contributed by atoms with E-state index in [1.807, 2.05) is 24.6 Å². The first-order valence-corrected chi connectivity index (χ1v) is 11.3. The predicted octanol–water partition coefficient (Wildman–Crippen LogP) is 3.74. The van der Waals surface area contributed by atoms with Crippen LogP contribution >= 0.6 is 11.8 Å². The molecule has 0 bridgehead atoms. The summed E-state index contributed by atoms with van der Waals surface area (Å²) in [5.74, 6) is -2.14. The zero-order valence-corrected chi connectivity index (χ0v) is 18.7. The van der Waals surface area contributed by atoms with Gasteiger partial charge in [0, 0.05) is 40.6 Å². The number of amides is 1. The van der Waals surface area contributed by atoms with Gasteiger partial charge in [-0.15, -0.1) is 11.8 Å². The van der Waals surface area contributed by atoms with Crippen molar-refractivity contribution in [2.24, 2.45) is 7.05 Å². The molecule has 1 aliphatic rings. The van der Waals surface area contributed by atoms with Crippen molar-refractivity contribution in [1.82, 2.24) is 19.7 Å². The maximum Gasteiger partial charge on any atom is 0.255 e. The van der Waals surface area contributed by atoms with Crippen LogP contribution in [0.15, 0.2) is 53.7 Å². The Morgan fingerprint density at radius 1 is 1.12 bits per heavy atom. The fraction of sp³-hybridized carbons (Fsp3) is 0.174. The lowest BCUT2D eigenvalue weighted by atomic mass is 9.59. The molecule has 0 N–H and O–H groups in total. The van der Waals surface area contributed by atoms with E-state index in [4.69, 9.17) is 15.7 Å². The Bertz CT molecular complexity index is 1420. The van der Waals surface area contributed by atoms with Crippen molar-refractivity contribution < 1.29 is 13.6 Å². The summed E-state index contributed by atoms with van der Waals surface area (Å²) < 4.78 is 32.1. The number of aryl methyl sites for hydroxylation is 1. The largest absolute Gasteiger partial charge is 0.340 e. The van der Waals surface area contributed by atoms with Crippen LogP contribution in [0.25, 0.3) is 22.0 Å². The number of rotatable bonds is 4. The SMILES string of the molecule is [B]C1([B])c2ncccc2C(=O)N1Cc1c(F)cc(-c2ccc(SC)c3nn(C)cc23)cc1F. The van der Waals surface area contributed by atoms with Crippen LogP contribution in [0.3, 0.4) is 0 Å². The van der Waals surface area contributed by atoms with Crippen LogP contribution in [0.4, 0.5) is 8.78 Å². The number of hydrogen-bond donors (Lipinski definition) is 0. The minimum absolute atomic E-state index is 0.167. The molecular formula is C23H16B2F2N4OS. The summed E-state index contributed by atoms with van der Waals surface area (Å²) in [5, 5.41) is 3.49. The van der Waals surface area contributed by atoms with E-state index in [0.717, 1.165) is 20.7 Å². The Balaban J connectivity index is 1.55. The van der Waals surface area contributed by atoms with E-state index in [2.05, 4.69) is 10.1 Å². The standard InChI is InChI=1S/C23H16B2F2N4OS/c1-30-10-15-13(5-6-19(33-2)20(15)29-30)12-8-17(26)16(18(27)9-12)11-31-22(32)14-4-3-7-28-21(14)23(31,24)25/h3-10H,11H2,1-2H3. The van der Waals surface area contributed by atoms with Gasteiger partial charge in [0.15, 0.2) is 0 Å². The van der Waals surface area contributed by atoms with Gasteiger partial charge >= 0.3 is 0 Å². The third kappa shape index (κ3) is 3.35. The Kier molecular flexibility index (Phi) is 5.08. The van der Waals surface area contributed by atoms with Crippen LogP contribution in [-0.4, -0.2) is 47.5 Å². The number of nitrogens with zero attached hydrogens (tertiary/aromatic N) is 4. The lowest BCUT2D eigenvalue weighted by molar-refractivity contribution is 0.0727. The van der Waals surface area contributed by atoms with Gasteiger partial charge < -0.3 is 4.90 Å². The van der Waals surface area contributed by atoms with Gasteiger partial charge in [-0.2, -0.15) is 5.10 Å². The molecule has 5 rings (SSSR count). The minimum Gasteiger partial charge on any atom is -0.340 e. The number of hydrogen-bond acceptors (Lipinski definition) is 4. The third-order valence-corrected chi connectivity index (χ3v) is 6.62. The number of fused-ring (bicyclic) bond motifs is 2. The summed E-state index contributed by atoms with van der Waals surface area (Å²) in [6.45, 7) is -0.437. The number of pyridine rings is 1. The fourth-order valence-electron chi connectivity index (χ4n) is 4.22. The van der Waals surface area contributed by atoms with Gasteiger partial charge in [0.2, 0.25) is 0 Å². The monoisotopic (exact) mass is 456 g/mol. The molecule has 33 heavy (non-hydrogen) atoms. The maximum absolute atomic E-state index is 15.2. The zero-order chi connectivity index (χ0) is 23.5. The molecule has 5 nitrogen and oxygen atoms in total. The Morgan fingerprint density at radius 2 is 1.85 bits per heavy atom. The smallest absolute Gasteiger partial charge is 0.255 e. The maximum atomic E-state index is 15.2. The average molecular weight is 456 g/mol. The zero-order valence-electron chi connectivity index (χ0n) is 17.8. The Morgan fingerprint density at radius 3 is 2.52 bits per heavy atom. The highest BCUT2D eigenvalue weighted by atomic mass is 32.2. The van der Waals surface area contributed by atoms with E-state index < -0.39 is 29.4 Å². The molecule has 0 unspecified atom stereocenters. The van der Waals surface area contributed by atoms with Crippen LogP contribution in [-0.2, 0) is 18.9 Å². The molecule has 2 aromatic carbocycles. The summed E-state index contributed by atoms with van der Waals surface area (Å²) >= 11 is 1.55. The van der Waals surface area contributed by atoms with E-state index in [1.165, 1.54) is 24.4 Å². The van der Waals surface area contributed by atoms with Crippen molar-refractivity contribution in [2.45, 2.75) is 16.8 Å². The third-order valence-electron chi connectivity index (χ3n) is 5.85. The molecule has 0 atom stereocenters. The molecule has 1 amide bonds. The summed E-state index contributed by atoms with van der Waals surface area (Å²) in [7, 11) is 14.1. The summed E-state index contributed by atoms with van der Waals surface area (Å²) in [5.41, 5.74) is 1.86. The van der Waals surface area contributed by atoms with Crippen LogP contribution in [0.5, 0.6) is 0 Å². The average Bonchev–Trinajstić information content (AvgIpc) is 3.26. The van der Waals surface area contributed by atoms with Gasteiger partial charge in [0.05, 0.1) is 33.5 Å². The first-order chi connectivity index (χ1) is 15.7. The highest BCUT2D eigenvalue weighted by Gasteiger charge is 2.43. The molecule has 4 aromatic rings. The van der Waals surface area contributed by atoms with Gasteiger partial charge in [-0.05, 0) is 47.7 Å². The van der Waals surface area contributed by atoms with Gasteiger partial charge in [0.1, 0.15) is 17.2 Å². The molecule has 3 heterocycles. The highest BCUT2D eigenvalue weighted by molar-refractivity contribution is 7.98. The van der Waals surface area contributed by atoms with Crippen LogP contribution in [0, 0.1) is 11.6 Å². The second-order valence-corrected chi connectivity index (χ2v) is 8.76. The molecule has 0 fully saturated rings. The van der Waals surface area contributed by atoms with Crippen molar-refractivity contribution in [3.8, 4) is 11.1 Å². The summed E-state index contributed by atoms with van der Waals surface area (Å²) in [4.78, 5) is 18.9. The quantitative estimate of drug-likeness (QED) is 0.347. The first-order valence-electron chi connectivity index (χ1n) is 10.1. The lowest BCUT2D eigenvalue weighted by Crippen LogP contribution is -2.45. The van der Waals surface area contributed by atoms with Gasteiger partial charge in [-0.25, -0.2) is 8.78 Å². The van der Waals surface area contributed by atoms with Crippen LogP contribution in [0.2, 0.25) is 0 Å². The number of benzene rings is 2. The minimum atomic E-state index is -1.78. The molecule has 0 saturated carbocycles. The lowest BCUT2D eigenvalue weighted by Gasteiger charge is -2.33. The van der Waals surface area contributed by atoms with E-state index in [1.54, 1.807) is 29.6 Å². The van der Waals surface area contributed by atoms with Gasteiger partial charge in [-0.3, -0.25) is 14.5 Å². The van der Waals surface area contributed by atoms with E-state index >= 15 is 8.78 Å². The van der Waals surface area contributed by atoms with Crippen molar-refractivity contribution in [1.29, 1.82) is 0 Å². The van der Waals surface area contributed by atoms with Crippen molar-refractivity contribution in [2.75, 3.05) is 6.26 Å². The highest BCUT2D eigenvalue weighted by Crippen LogP contribution is 2.37. The number of aromatic nitrogens is 3. The number of thioether (sulfide) groups is 1. The molecule has 0 aliphatic carbocycles. The van der Waals surface area contributed by atoms with E-state index in [9.17, 15) is 4.79 Å². The molecule has 0 saturated heterocycles. The van der Waals surface area contributed by atoms with E-state index in [0.29, 0.717) is 11.1 Å². The van der Waals surface area contributed by atoms with Gasteiger partial charge in [0.25, 0.3) is 5.91 Å². The molecule has 10 heteroatoms. The molecule has 0 spiro atoms. The normalized spacial score (nSPS) is 14.8. The van der Waals surface area contributed by atoms with Crippen molar-refractivity contribution in [3.63, 3.8) is 0 Å². The fourth-order valence-corrected chi connectivity index (χ4v) is 4.77. The van der Waals surface area contributed by atoms with Crippen molar-refractivity contribution in [3.05, 3.63) is 77.2 Å². The Labute approximate surface area is 196 Å². The summed E-state index contributed by atoms with van der Waals surface area (Å²) in [6.07, 6.45) is 5.22. The number of carbonyl (C=O) groups excluding carboxylic acids is 1. The topological polar surface area (TPSA) is 51.0 Å². The molecule has 160 valence electrons. The van der Waals surface area contributed by atoms with Crippen LogP contribution < -0.4 is 0 Å². The summed E-state index contributed by atoms with van der Waals surface area (Å²) in [6, 6.07) is 9.31. The molecular weight excluding hydrogens is 440 g/mol. The molecule has 4 radical (unpaired) electrons.